The summed E-state index contributed by atoms with van der Waals surface area (Å²) >= 11 is 7.04. The number of carbonyl (C=O) groups is 3. The smallest absolute Gasteiger partial charge is 0.345 e. The number of fused-ring (bicyclic) bond motifs is 2. The van der Waals surface area contributed by atoms with Gasteiger partial charge in [-0.3, -0.25) is 9.59 Å². The third-order valence-corrected chi connectivity index (χ3v) is 11.0. The van der Waals surface area contributed by atoms with Crippen molar-refractivity contribution < 1.29 is 19.1 Å². The van der Waals surface area contributed by atoms with Gasteiger partial charge in [-0.05, 0) is 85.8 Å². The van der Waals surface area contributed by atoms with Crippen molar-refractivity contribution in [3.8, 4) is 11.4 Å². The fourth-order valence-electron chi connectivity index (χ4n) is 7.17. The molecule has 0 radical (unpaired) electrons. The number of nitrogens with zero attached hydrogens (tertiary/aromatic N) is 6. The van der Waals surface area contributed by atoms with Gasteiger partial charge in [0, 0.05) is 47.0 Å². The van der Waals surface area contributed by atoms with E-state index in [2.05, 4.69) is 72.2 Å². The number of amides is 2. The molecule has 6 aromatic rings. The van der Waals surface area contributed by atoms with Crippen LogP contribution >= 0.6 is 31.9 Å². The number of imidazole rings is 2. The molecule has 51 heavy (non-hydrogen) atoms. The van der Waals surface area contributed by atoms with Gasteiger partial charge in [-0.15, -0.1) is 0 Å². The lowest BCUT2D eigenvalue weighted by Crippen LogP contribution is -2.46. The predicted molar refractivity (Wildman–Crippen MR) is 198 cm³/mol. The average molecular weight is 813 g/mol. The number of hydrogen-bond donors (Lipinski definition) is 2. The summed E-state index contributed by atoms with van der Waals surface area (Å²) in [7, 11) is 0. The van der Waals surface area contributed by atoms with Crippen LogP contribution in [0.15, 0.2) is 76.7 Å². The molecule has 0 aliphatic carbocycles. The maximum atomic E-state index is 14.4. The highest BCUT2D eigenvalue weighted by Gasteiger charge is 2.41. The minimum Gasteiger partial charge on any atom is -0.421 e. The minimum atomic E-state index is -0.533. The normalized spacial score (nSPS) is 15.7. The molecule has 3 aromatic carbocycles. The van der Waals surface area contributed by atoms with Gasteiger partial charge in [0.2, 0.25) is 5.91 Å². The third-order valence-electron chi connectivity index (χ3n) is 9.75. The Morgan fingerprint density at radius 1 is 0.941 bits per heavy atom. The van der Waals surface area contributed by atoms with Crippen LogP contribution in [0.5, 0.6) is 5.75 Å². The molecule has 2 N–H and O–H groups in total. The molecule has 14 heteroatoms. The average Bonchev–Trinajstić information content (AvgIpc) is 3.87. The van der Waals surface area contributed by atoms with Crippen LogP contribution in [0.2, 0.25) is 0 Å². The summed E-state index contributed by atoms with van der Waals surface area (Å²) in [4.78, 5) is 59.7. The zero-order valence-electron chi connectivity index (χ0n) is 27.7. The highest BCUT2D eigenvalue weighted by Crippen LogP contribution is 2.40. The lowest BCUT2D eigenvalue weighted by Gasteiger charge is -2.38. The monoisotopic (exact) mass is 810 g/mol. The van der Waals surface area contributed by atoms with Crippen molar-refractivity contribution in [1.82, 2.24) is 39.5 Å². The van der Waals surface area contributed by atoms with E-state index >= 15 is 0 Å². The van der Waals surface area contributed by atoms with Crippen LogP contribution in [0, 0.1) is 0 Å². The Morgan fingerprint density at radius 3 is 2.31 bits per heavy atom. The number of halogens is 2. The molecule has 12 nitrogen and oxygen atoms in total. The lowest BCUT2D eigenvalue weighted by atomic mass is 9.94. The Kier molecular flexibility index (Phi) is 8.38. The highest BCUT2D eigenvalue weighted by atomic mass is 79.9. The molecule has 0 saturated carbocycles. The molecule has 258 valence electrons. The number of aromatic amines is 2. The third kappa shape index (κ3) is 5.57. The molecule has 2 aliphatic rings. The van der Waals surface area contributed by atoms with Crippen molar-refractivity contribution in [2.24, 2.45) is 0 Å². The van der Waals surface area contributed by atoms with Crippen molar-refractivity contribution >= 4 is 71.7 Å². The SMILES string of the molecule is C=CC(=O)N1CCc2nn(-c3ccc(C(C)C)cc3OC(=O)c3ccc(Br)c4nc[nH]c34)c3c2C(C1)N(C(=O)c1ccc(Br)c2nc[nH]c12)CC3. The van der Waals surface area contributed by atoms with Crippen LogP contribution in [0.4, 0.5) is 0 Å². The number of H-pyrrole nitrogens is 2. The molecule has 1 unspecified atom stereocenters. The number of aromatic nitrogens is 6. The fourth-order valence-corrected chi connectivity index (χ4v) is 8.03. The molecule has 2 amide bonds. The standard InChI is InChI=1S/C37H32Br2N8O4/c1-4-30(48)45-13-11-25-31-27(12-14-46(28(31)16-45)36(49)21-6-8-23(38)34-32(21)40-17-42-34)47(44-25)26-10-5-20(19(2)3)15-29(26)51-37(50)22-7-9-24(39)35-33(22)41-18-43-35/h4-10,15,17-19,28H,1,11-14,16H2,2-3H3,(H,40,42)(H,41,43). The first-order chi connectivity index (χ1) is 24.6. The molecule has 0 saturated heterocycles. The Balaban J connectivity index is 1.23. The molecule has 0 spiro atoms. The number of nitrogens with one attached hydrogen (secondary N) is 2. The van der Waals surface area contributed by atoms with Crippen LogP contribution < -0.4 is 4.74 Å². The van der Waals surface area contributed by atoms with Gasteiger partial charge in [0.15, 0.2) is 5.75 Å². The molecule has 3 aromatic heterocycles. The summed E-state index contributed by atoms with van der Waals surface area (Å²) in [5.41, 5.74) is 7.56. The topological polar surface area (TPSA) is 142 Å². The summed E-state index contributed by atoms with van der Waals surface area (Å²) < 4.78 is 9.62. The van der Waals surface area contributed by atoms with Crippen LogP contribution in [0.3, 0.4) is 0 Å². The van der Waals surface area contributed by atoms with Crippen LogP contribution in [0.1, 0.15) is 69.0 Å². The zero-order chi connectivity index (χ0) is 35.6. The van der Waals surface area contributed by atoms with Gasteiger partial charge in [-0.1, -0.05) is 26.5 Å². The van der Waals surface area contributed by atoms with Gasteiger partial charge in [0.25, 0.3) is 5.91 Å². The quantitative estimate of drug-likeness (QED) is 0.107. The van der Waals surface area contributed by atoms with Crippen molar-refractivity contribution in [1.29, 1.82) is 0 Å². The van der Waals surface area contributed by atoms with Gasteiger partial charge in [0.1, 0.15) is 16.7 Å². The molecule has 8 rings (SSSR count). The van der Waals surface area contributed by atoms with E-state index in [1.165, 1.54) is 6.08 Å². The highest BCUT2D eigenvalue weighted by molar-refractivity contribution is 9.11. The zero-order valence-corrected chi connectivity index (χ0v) is 30.9. The second-order valence-electron chi connectivity index (χ2n) is 12.9. The summed E-state index contributed by atoms with van der Waals surface area (Å²) in [6.45, 7) is 8.94. The molecule has 0 fully saturated rings. The van der Waals surface area contributed by atoms with E-state index in [0.717, 1.165) is 31.5 Å². The maximum absolute atomic E-state index is 14.4. The number of esters is 1. The second kappa shape index (κ2) is 12.9. The van der Waals surface area contributed by atoms with E-state index in [0.29, 0.717) is 70.6 Å². The van der Waals surface area contributed by atoms with Gasteiger partial charge >= 0.3 is 5.97 Å². The largest absolute Gasteiger partial charge is 0.421 e. The Labute approximate surface area is 309 Å². The molecule has 5 heterocycles. The fraction of sp³-hybridized carbons (Fsp3) is 0.243. The van der Waals surface area contributed by atoms with E-state index in [4.69, 9.17) is 9.84 Å². The van der Waals surface area contributed by atoms with Crippen LogP contribution in [0.25, 0.3) is 27.8 Å². The molecule has 0 bridgehead atoms. The minimum absolute atomic E-state index is 0.172. The second-order valence-corrected chi connectivity index (χ2v) is 14.6. The number of hydrogen-bond acceptors (Lipinski definition) is 7. The number of carbonyl (C=O) groups excluding carboxylic acids is 3. The first kappa shape index (κ1) is 33.1. The number of ether oxygens (including phenoxy) is 1. The Hall–Kier alpha value is -5.08. The van der Waals surface area contributed by atoms with Crippen molar-refractivity contribution in [3.63, 3.8) is 0 Å². The van der Waals surface area contributed by atoms with E-state index in [9.17, 15) is 14.4 Å². The molecular formula is C37H32Br2N8O4. The van der Waals surface area contributed by atoms with E-state index < -0.39 is 12.0 Å². The predicted octanol–water partition coefficient (Wildman–Crippen LogP) is 6.80. The Bertz CT molecular complexity index is 2410. The van der Waals surface area contributed by atoms with Gasteiger partial charge in [-0.25, -0.2) is 19.4 Å². The lowest BCUT2D eigenvalue weighted by molar-refractivity contribution is -0.126. The van der Waals surface area contributed by atoms with Gasteiger partial charge < -0.3 is 24.5 Å². The van der Waals surface area contributed by atoms with Gasteiger partial charge in [-0.2, -0.15) is 5.10 Å². The number of rotatable bonds is 6. The van der Waals surface area contributed by atoms with Crippen LogP contribution in [-0.2, 0) is 17.6 Å². The van der Waals surface area contributed by atoms with E-state index in [-0.39, 0.29) is 24.3 Å². The van der Waals surface area contributed by atoms with Crippen molar-refractivity contribution in [2.75, 3.05) is 19.6 Å². The molecule has 2 aliphatic heterocycles. The number of benzene rings is 3. The summed E-state index contributed by atoms with van der Waals surface area (Å²) in [5.74, 6) is -0.368. The Morgan fingerprint density at radius 2 is 1.63 bits per heavy atom. The van der Waals surface area contributed by atoms with Crippen LogP contribution in [-0.4, -0.2) is 76.9 Å². The maximum Gasteiger partial charge on any atom is 0.345 e. The molecule has 1 atom stereocenters. The molecular weight excluding hydrogens is 780 g/mol. The first-order valence-corrected chi connectivity index (χ1v) is 18.2. The van der Waals surface area contributed by atoms with E-state index in [1.54, 1.807) is 35.8 Å². The summed E-state index contributed by atoms with van der Waals surface area (Å²) in [5, 5.41) is 5.13. The van der Waals surface area contributed by atoms with E-state index in [1.807, 2.05) is 33.8 Å². The van der Waals surface area contributed by atoms with Crippen molar-refractivity contribution in [3.05, 3.63) is 110 Å². The van der Waals surface area contributed by atoms with Crippen molar-refractivity contribution in [2.45, 2.75) is 38.6 Å². The first-order valence-electron chi connectivity index (χ1n) is 16.6. The summed E-state index contributed by atoms with van der Waals surface area (Å²) in [6, 6.07) is 12.5. The van der Waals surface area contributed by atoms with Gasteiger partial charge in [0.05, 0.1) is 52.2 Å². The summed E-state index contributed by atoms with van der Waals surface area (Å²) in [6.07, 6.45) is 5.39.